The quantitative estimate of drug-likeness (QED) is 0.545. The Morgan fingerprint density at radius 1 is 1.20 bits per heavy atom. The number of hydrogen-bond acceptors (Lipinski definition) is 4. The predicted molar refractivity (Wildman–Crippen MR) is 95.7 cm³/mol. The second-order valence-electron chi connectivity index (χ2n) is 6.61. The highest BCUT2D eigenvalue weighted by atomic mass is 32.2. The third-order valence-electron chi connectivity index (χ3n) is 3.08. The van der Waals surface area contributed by atoms with Crippen molar-refractivity contribution < 1.29 is 23.1 Å². The van der Waals surface area contributed by atoms with E-state index in [9.17, 15) is 18.4 Å². The number of ether oxygens (including phenoxy) is 1. The number of amides is 1. The van der Waals surface area contributed by atoms with Crippen molar-refractivity contribution in [2.45, 2.75) is 69.6 Å². The summed E-state index contributed by atoms with van der Waals surface area (Å²) in [6, 6.07) is 1.93. The molecular formula is C18H25F2NO3S. The molecule has 1 unspecified atom stereocenters. The molecule has 140 valence electrons. The van der Waals surface area contributed by atoms with Crippen LogP contribution in [0.5, 0.6) is 0 Å². The van der Waals surface area contributed by atoms with Gasteiger partial charge in [-0.25, -0.2) is 8.78 Å². The fourth-order valence-corrected chi connectivity index (χ4v) is 2.95. The Labute approximate surface area is 151 Å². The van der Waals surface area contributed by atoms with E-state index in [2.05, 4.69) is 5.32 Å². The van der Waals surface area contributed by atoms with Crippen LogP contribution in [-0.4, -0.2) is 22.7 Å². The molecule has 4 nitrogen and oxygen atoms in total. The zero-order valence-electron chi connectivity index (χ0n) is 15.2. The second kappa shape index (κ2) is 9.17. The maximum absolute atomic E-state index is 14.1. The van der Waals surface area contributed by atoms with Crippen molar-refractivity contribution in [1.29, 1.82) is 0 Å². The summed E-state index contributed by atoms with van der Waals surface area (Å²) in [5, 5.41) is 1.80. The smallest absolute Gasteiger partial charge is 0.319 e. The highest BCUT2D eigenvalue weighted by molar-refractivity contribution is 8.00. The Morgan fingerprint density at radius 2 is 1.84 bits per heavy atom. The molecule has 1 atom stereocenters. The summed E-state index contributed by atoms with van der Waals surface area (Å²) in [6.45, 7) is 8.87. The fourth-order valence-electron chi connectivity index (χ4n) is 1.97. The monoisotopic (exact) mass is 373 g/mol. The van der Waals surface area contributed by atoms with E-state index in [1.165, 1.54) is 6.07 Å². The van der Waals surface area contributed by atoms with Crippen LogP contribution in [-0.2, 0) is 14.3 Å². The standard InChI is InChI=1S/C18H25F2NO3S/c1-6-8-16(22)21-13-10-15(12(20)9-11(13)19)25-14(7-2)17(23)24-18(3,4)5/h9-10,14H,6-8H2,1-5H3,(H,21,22). The van der Waals surface area contributed by atoms with Crippen LogP contribution in [0, 0.1) is 11.6 Å². The van der Waals surface area contributed by atoms with Gasteiger partial charge in [-0.3, -0.25) is 9.59 Å². The average Bonchev–Trinajstić information content (AvgIpc) is 2.47. The number of benzene rings is 1. The van der Waals surface area contributed by atoms with Crippen molar-refractivity contribution in [2.24, 2.45) is 0 Å². The van der Waals surface area contributed by atoms with Crippen molar-refractivity contribution in [3.05, 3.63) is 23.8 Å². The van der Waals surface area contributed by atoms with Crippen LogP contribution in [0.3, 0.4) is 0 Å². The Kier molecular flexibility index (Phi) is 7.86. The fraction of sp³-hybridized carbons (Fsp3) is 0.556. The lowest BCUT2D eigenvalue weighted by molar-refractivity contribution is -0.154. The van der Waals surface area contributed by atoms with Crippen LogP contribution in [0.4, 0.5) is 14.5 Å². The molecule has 1 rings (SSSR count). The first-order chi connectivity index (χ1) is 11.6. The lowest BCUT2D eigenvalue weighted by Gasteiger charge is -2.23. The van der Waals surface area contributed by atoms with Crippen LogP contribution in [0.2, 0.25) is 0 Å². The van der Waals surface area contributed by atoms with E-state index >= 15 is 0 Å². The molecule has 0 saturated carbocycles. The van der Waals surface area contributed by atoms with Crippen molar-refractivity contribution >= 4 is 29.3 Å². The molecule has 0 spiro atoms. The number of thioether (sulfide) groups is 1. The molecule has 0 bridgehead atoms. The number of nitrogens with one attached hydrogen (secondary N) is 1. The molecule has 0 aliphatic rings. The van der Waals surface area contributed by atoms with Crippen LogP contribution < -0.4 is 5.32 Å². The number of halogens is 2. The van der Waals surface area contributed by atoms with E-state index in [4.69, 9.17) is 4.74 Å². The molecule has 0 saturated heterocycles. The van der Waals surface area contributed by atoms with Crippen molar-refractivity contribution in [3.8, 4) is 0 Å². The van der Waals surface area contributed by atoms with Gasteiger partial charge in [0.1, 0.15) is 22.5 Å². The highest BCUT2D eigenvalue weighted by Crippen LogP contribution is 2.33. The van der Waals surface area contributed by atoms with E-state index in [0.717, 1.165) is 11.8 Å². The first kappa shape index (κ1) is 21.4. The maximum atomic E-state index is 14.1. The second-order valence-corrected chi connectivity index (χ2v) is 7.85. The summed E-state index contributed by atoms with van der Waals surface area (Å²) in [5.41, 5.74) is -0.743. The molecule has 1 N–H and O–H groups in total. The third kappa shape index (κ3) is 7.02. The van der Waals surface area contributed by atoms with Crippen molar-refractivity contribution in [2.75, 3.05) is 5.32 Å². The van der Waals surface area contributed by atoms with Gasteiger partial charge in [0.05, 0.1) is 5.69 Å². The van der Waals surface area contributed by atoms with Gasteiger partial charge in [-0.05, 0) is 39.7 Å². The van der Waals surface area contributed by atoms with Gasteiger partial charge in [-0.2, -0.15) is 0 Å². The zero-order valence-corrected chi connectivity index (χ0v) is 16.1. The van der Waals surface area contributed by atoms with Gasteiger partial charge in [0.2, 0.25) is 5.91 Å². The number of esters is 1. The molecule has 0 radical (unpaired) electrons. The Morgan fingerprint density at radius 3 is 2.36 bits per heavy atom. The first-order valence-electron chi connectivity index (χ1n) is 8.25. The number of hydrogen-bond donors (Lipinski definition) is 1. The molecule has 0 heterocycles. The van der Waals surface area contributed by atoms with E-state index in [0.29, 0.717) is 18.9 Å². The molecule has 7 heteroatoms. The van der Waals surface area contributed by atoms with E-state index in [1.54, 1.807) is 27.7 Å². The summed E-state index contributed by atoms with van der Waals surface area (Å²) in [6.07, 6.45) is 1.29. The highest BCUT2D eigenvalue weighted by Gasteiger charge is 2.26. The SMILES string of the molecule is CCCC(=O)Nc1cc(SC(CC)C(=O)OC(C)(C)C)c(F)cc1F. The largest absolute Gasteiger partial charge is 0.459 e. The molecule has 0 aliphatic heterocycles. The van der Waals surface area contributed by atoms with Gasteiger partial charge in [0.25, 0.3) is 0 Å². The minimum Gasteiger partial charge on any atom is -0.459 e. The summed E-state index contributed by atoms with van der Waals surface area (Å²) in [4.78, 5) is 24.0. The van der Waals surface area contributed by atoms with Gasteiger partial charge in [0.15, 0.2) is 0 Å². The number of anilines is 1. The van der Waals surface area contributed by atoms with Gasteiger partial charge in [-0.1, -0.05) is 13.8 Å². The molecule has 0 aromatic heterocycles. The van der Waals surface area contributed by atoms with E-state index in [1.807, 2.05) is 6.92 Å². The molecule has 1 amide bonds. The lowest BCUT2D eigenvalue weighted by Crippen LogP contribution is -2.30. The number of carbonyl (C=O) groups excluding carboxylic acids is 2. The Balaban J connectivity index is 2.99. The van der Waals surface area contributed by atoms with Crippen molar-refractivity contribution in [3.63, 3.8) is 0 Å². The van der Waals surface area contributed by atoms with Crippen LogP contribution in [0.15, 0.2) is 17.0 Å². The van der Waals surface area contributed by atoms with E-state index < -0.39 is 28.5 Å². The molecule has 25 heavy (non-hydrogen) atoms. The third-order valence-corrected chi connectivity index (χ3v) is 4.46. The molecule has 1 aromatic carbocycles. The topological polar surface area (TPSA) is 55.4 Å². The molecular weight excluding hydrogens is 348 g/mol. The summed E-state index contributed by atoms with van der Waals surface area (Å²) < 4.78 is 33.3. The predicted octanol–water partition coefficient (Wildman–Crippen LogP) is 4.92. The molecule has 0 fully saturated rings. The van der Waals surface area contributed by atoms with Gasteiger partial charge in [-0.15, -0.1) is 11.8 Å². The Hall–Kier alpha value is -1.63. The molecule has 1 aromatic rings. The van der Waals surface area contributed by atoms with Crippen molar-refractivity contribution in [1.82, 2.24) is 0 Å². The normalized spacial score (nSPS) is 12.6. The Bertz CT molecular complexity index is 629. The van der Waals surface area contributed by atoms with Gasteiger partial charge in [0, 0.05) is 17.4 Å². The average molecular weight is 373 g/mol. The van der Waals surface area contributed by atoms with E-state index in [-0.39, 0.29) is 22.9 Å². The molecule has 0 aliphatic carbocycles. The zero-order chi connectivity index (χ0) is 19.2. The van der Waals surface area contributed by atoms with Gasteiger partial charge >= 0.3 is 5.97 Å². The lowest BCUT2D eigenvalue weighted by atomic mass is 10.2. The van der Waals surface area contributed by atoms with Crippen LogP contribution >= 0.6 is 11.8 Å². The van der Waals surface area contributed by atoms with Crippen LogP contribution in [0.1, 0.15) is 53.9 Å². The number of rotatable bonds is 7. The number of carbonyl (C=O) groups is 2. The van der Waals surface area contributed by atoms with Crippen LogP contribution in [0.25, 0.3) is 0 Å². The summed E-state index contributed by atoms with van der Waals surface area (Å²) in [5.74, 6) is -2.43. The maximum Gasteiger partial charge on any atom is 0.319 e. The van der Waals surface area contributed by atoms with Gasteiger partial charge < -0.3 is 10.1 Å². The minimum atomic E-state index is -0.850. The minimum absolute atomic E-state index is 0.0888. The summed E-state index contributed by atoms with van der Waals surface area (Å²) in [7, 11) is 0. The summed E-state index contributed by atoms with van der Waals surface area (Å²) >= 11 is 0.960. The first-order valence-corrected chi connectivity index (χ1v) is 9.13.